The standard InChI is InChI=1S/C11H12ClN/c12-8-3-1-7(2-4-8)11-9-5-13-6-10(9)11/h1-4,9-11,13H,5-6H2. The van der Waals surface area contributed by atoms with E-state index in [1.807, 2.05) is 12.1 Å². The number of hydrogen-bond acceptors (Lipinski definition) is 1. The summed E-state index contributed by atoms with van der Waals surface area (Å²) < 4.78 is 0. The molecule has 1 saturated heterocycles. The van der Waals surface area contributed by atoms with Crippen molar-refractivity contribution in [3.63, 3.8) is 0 Å². The number of nitrogens with one attached hydrogen (secondary N) is 1. The highest BCUT2D eigenvalue weighted by molar-refractivity contribution is 6.30. The van der Waals surface area contributed by atoms with Gasteiger partial charge in [0.15, 0.2) is 0 Å². The molecule has 68 valence electrons. The monoisotopic (exact) mass is 193 g/mol. The van der Waals surface area contributed by atoms with Crippen molar-refractivity contribution in [2.75, 3.05) is 13.1 Å². The summed E-state index contributed by atoms with van der Waals surface area (Å²) in [6.07, 6.45) is 0. The van der Waals surface area contributed by atoms with E-state index in [2.05, 4.69) is 17.4 Å². The van der Waals surface area contributed by atoms with Crippen molar-refractivity contribution >= 4 is 11.6 Å². The van der Waals surface area contributed by atoms with Crippen LogP contribution in [0.3, 0.4) is 0 Å². The molecule has 1 N–H and O–H groups in total. The Morgan fingerprint density at radius 3 is 2.31 bits per heavy atom. The summed E-state index contributed by atoms with van der Waals surface area (Å²) in [6, 6.07) is 8.34. The maximum absolute atomic E-state index is 5.85. The third kappa shape index (κ3) is 1.18. The van der Waals surface area contributed by atoms with Crippen LogP contribution in [0.5, 0.6) is 0 Å². The second kappa shape index (κ2) is 2.73. The van der Waals surface area contributed by atoms with Gasteiger partial charge in [-0.2, -0.15) is 0 Å². The van der Waals surface area contributed by atoms with E-state index in [9.17, 15) is 0 Å². The predicted molar refractivity (Wildman–Crippen MR) is 54.0 cm³/mol. The fourth-order valence-electron chi connectivity index (χ4n) is 2.60. The minimum atomic E-state index is 0.818. The van der Waals surface area contributed by atoms with Crippen LogP contribution < -0.4 is 5.32 Å². The van der Waals surface area contributed by atoms with Crippen LogP contribution in [-0.4, -0.2) is 13.1 Å². The third-order valence-electron chi connectivity index (χ3n) is 3.35. The Kier molecular flexibility index (Phi) is 1.64. The van der Waals surface area contributed by atoms with Crippen molar-refractivity contribution in [3.05, 3.63) is 34.9 Å². The van der Waals surface area contributed by atoms with Crippen LogP contribution in [0.25, 0.3) is 0 Å². The highest BCUT2D eigenvalue weighted by Crippen LogP contribution is 2.55. The second-order valence-corrected chi connectivity index (χ2v) is 4.50. The smallest absolute Gasteiger partial charge is 0.0406 e. The Morgan fingerprint density at radius 1 is 1.08 bits per heavy atom. The summed E-state index contributed by atoms with van der Waals surface area (Å²) in [5.41, 5.74) is 1.47. The Morgan fingerprint density at radius 2 is 1.69 bits per heavy atom. The summed E-state index contributed by atoms with van der Waals surface area (Å²) >= 11 is 5.85. The Labute approximate surface area is 83.1 Å². The summed E-state index contributed by atoms with van der Waals surface area (Å²) in [4.78, 5) is 0. The third-order valence-corrected chi connectivity index (χ3v) is 3.60. The molecule has 1 nitrogen and oxygen atoms in total. The zero-order valence-electron chi connectivity index (χ0n) is 7.33. The molecule has 1 aliphatic carbocycles. The van der Waals surface area contributed by atoms with Crippen molar-refractivity contribution in [3.8, 4) is 0 Å². The summed E-state index contributed by atoms with van der Waals surface area (Å²) in [7, 11) is 0. The minimum Gasteiger partial charge on any atom is -0.316 e. The number of fused-ring (bicyclic) bond motifs is 1. The topological polar surface area (TPSA) is 12.0 Å². The summed E-state index contributed by atoms with van der Waals surface area (Å²) in [5.74, 6) is 2.63. The van der Waals surface area contributed by atoms with E-state index in [1.54, 1.807) is 0 Å². The summed E-state index contributed by atoms with van der Waals surface area (Å²) in [6.45, 7) is 2.41. The Balaban J connectivity index is 1.83. The lowest BCUT2D eigenvalue weighted by atomic mass is 10.1. The highest BCUT2D eigenvalue weighted by Gasteiger charge is 2.53. The fraction of sp³-hybridized carbons (Fsp3) is 0.455. The SMILES string of the molecule is Clc1ccc(C2C3CNCC32)cc1. The molecule has 1 heterocycles. The molecule has 0 spiro atoms. The fourth-order valence-corrected chi connectivity index (χ4v) is 2.72. The molecule has 0 aromatic heterocycles. The zero-order valence-corrected chi connectivity index (χ0v) is 8.09. The average Bonchev–Trinajstić information content (AvgIpc) is 2.63. The maximum Gasteiger partial charge on any atom is 0.0406 e. The van der Waals surface area contributed by atoms with Gasteiger partial charge in [0.05, 0.1) is 0 Å². The van der Waals surface area contributed by atoms with E-state index in [4.69, 9.17) is 11.6 Å². The highest BCUT2D eigenvalue weighted by atomic mass is 35.5. The first kappa shape index (κ1) is 7.84. The number of benzene rings is 1. The molecule has 3 rings (SSSR count). The molecule has 0 bridgehead atoms. The lowest BCUT2D eigenvalue weighted by molar-refractivity contribution is 0.684. The molecule has 2 aliphatic rings. The molecule has 0 amide bonds. The van der Waals surface area contributed by atoms with Crippen LogP contribution >= 0.6 is 11.6 Å². The van der Waals surface area contributed by atoms with Crippen molar-refractivity contribution in [2.24, 2.45) is 11.8 Å². The molecule has 13 heavy (non-hydrogen) atoms. The average molecular weight is 194 g/mol. The lowest BCUT2D eigenvalue weighted by Gasteiger charge is -2.04. The number of piperidine rings is 1. The van der Waals surface area contributed by atoms with Gasteiger partial charge < -0.3 is 5.32 Å². The molecule has 2 heteroatoms. The number of hydrogen-bond donors (Lipinski definition) is 1. The molecule has 1 aromatic carbocycles. The van der Waals surface area contributed by atoms with E-state index in [1.165, 1.54) is 18.7 Å². The van der Waals surface area contributed by atoms with E-state index in [0.717, 1.165) is 22.8 Å². The number of rotatable bonds is 1. The van der Waals surface area contributed by atoms with Crippen LogP contribution in [0.2, 0.25) is 5.02 Å². The Bertz CT molecular complexity index is 309. The predicted octanol–water partition coefficient (Wildman–Crippen LogP) is 2.27. The number of halogens is 1. The zero-order chi connectivity index (χ0) is 8.84. The van der Waals surface area contributed by atoms with Crippen LogP contribution in [0, 0.1) is 11.8 Å². The summed E-state index contributed by atoms with van der Waals surface area (Å²) in [5, 5.41) is 4.25. The van der Waals surface area contributed by atoms with Crippen LogP contribution in [0.4, 0.5) is 0 Å². The Hall–Kier alpha value is -0.530. The normalized spacial score (nSPS) is 35.9. The van der Waals surface area contributed by atoms with Crippen LogP contribution in [0.1, 0.15) is 11.5 Å². The van der Waals surface area contributed by atoms with E-state index in [0.29, 0.717) is 0 Å². The molecule has 0 radical (unpaired) electrons. The van der Waals surface area contributed by atoms with E-state index < -0.39 is 0 Å². The largest absolute Gasteiger partial charge is 0.316 e. The van der Waals surface area contributed by atoms with Crippen molar-refractivity contribution in [1.29, 1.82) is 0 Å². The first-order valence-corrected chi connectivity index (χ1v) is 5.20. The van der Waals surface area contributed by atoms with Crippen molar-refractivity contribution < 1.29 is 0 Å². The van der Waals surface area contributed by atoms with Gasteiger partial charge in [0.2, 0.25) is 0 Å². The van der Waals surface area contributed by atoms with Crippen LogP contribution in [0.15, 0.2) is 24.3 Å². The molecule has 1 saturated carbocycles. The van der Waals surface area contributed by atoms with Crippen LogP contribution in [-0.2, 0) is 0 Å². The van der Waals surface area contributed by atoms with Gasteiger partial charge in [0, 0.05) is 5.02 Å². The maximum atomic E-state index is 5.85. The van der Waals surface area contributed by atoms with Gasteiger partial charge in [-0.25, -0.2) is 0 Å². The molecule has 2 atom stereocenters. The van der Waals surface area contributed by atoms with Gasteiger partial charge in [-0.3, -0.25) is 0 Å². The minimum absolute atomic E-state index is 0.818. The molecule has 1 aromatic rings. The van der Waals surface area contributed by atoms with E-state index >= 15 is 0 Å². The second-order valence-electron chi connectivity index (χ2n) is 4.06. The molecule has 2 fully saturated rings. The molecule has 2 unspecified atom stereocenters. The van der Waals surface area contributed by atoms with Crippen molar-refractivity contribution in [1.82, 2.24) is 5.32 Å². The van der Waals surface area contributed by atoms with Gasteiger partial charge >= 0.3 is 0 Å². The quantitative estimate of drug-likeness (QED) is 0.722. The van der Waals surface area contributed by atoms with Gasteiger partial charge in [-0.05, 0) is 48.5 Å². The first-order valence-electron chi connectivity index (χ1n) is 4.82. The van der Waals surface area contributed by atoms with E-state index in [-0.39, 0.29) is 0 Å². The molecule has 1 aliphatic heterocycles. The van der Waals surface area contributed by atoms with Crippen molar-refractivity contribution in [2.45, 2.75) is 5.92 Å². The van der Waals surface area contributed by atoms with Gasteiger partial charge in [0.1, 0.15) is 0 Å². The molecular weight excluding hydrogens is 182 g/mol. The van der Waals surface area contributed by atoms with Gasteiger partial charge in [-0.1, -0.05) is 23.7 Å². The van der Waals surface area contributed by atoms with Gasteiger partial charge in [0.25, 0.3) is 0 Å². The first-order chi connectivity index (χ1) is 6.36. The molecular formula is C11H12ClN. The van der Waals surface area contributed by atoms with Gasteiger partial charge in [-0.15, -0.1) is 0 Å². The lowest BCUT2D eigenvalue weighted by Crippen LogP contribution is -2.13.